The van der Waals surface area contributed by atoms with E-state index in [-0.39, 0.29) is 34.5 Å². The third-order valence-corrected chi connectivity index (χ3v) is 6.05. The van der Waals surface area contributed by atoms with Gasteiger partial charge in [-0.05, 0) is 45.4 Å². The van der Waals surface area contributed by atoms with Gasteiger partial charge in [-0.3, -0.25) is 23.7 Å². The summed E-state index contributed by atoms with van der Waals surface area (Å²) in [4.78, 5) is 34.3. The fourth-order valence-electron chi connectivity index (χ4n) is 3.80. The first-order valence-corrected chi connectivity index (χ1v) is 11.5. The van der Waals surface area contributed by atoms with Gasteiger partial charge in [0.15, 0.2) is 5.82 Å². The van der Waals surface area contributed by atoms with Crippen LogP contribution in [-0.2, 0) is 12.2 Å². The molecular weight excluding hydrogens is 506 g/mol. The first-order valence-electron chi connectivity index (χ1n) is 11.1. The highest BCUT2D eigenvalue weighted by molar-refractivity contribution is 6.31. The molecule has 0 spiro atoms. The van der Waals surface area contributed by atoms with E-state index in [0.717, 1.165) is 6.20 Å². The van der Waals surface area contributed by atoms with Crippen LogP contribution in [0.4, 0.5) is 8.78 Å². The van der Waals surface area contributed by atoms with Gasteiger partial charge in [0.05, 0.1) is 17.5 Å². The molecule has 4 aromatic rings. The largest absolute Gasteiger partial charge is 0.485 e. The molecule has 0 fully saturated rings. The second kappa shape index (κ2) is 9.87. The van der Waals surface area contributed by atoms with Crippen LogP contribution in [0.1, 0.15) is 36.4 Å². The summed E-state index contributed by atoms with van der Waals surface area (Å²) >= 11 is 6.33. The summed E-state index contributed by atoms with van der Waals surface area (Å²) in [7, 11) is 0. The number of pyridine rings is 4. The van der Waals surface area contributed by atoms with E-state index in [9.17, 15) is 23.5 Å². The standard InChI is InChI=1S/C26H23ClF2N4O4/c1-14-11-31-22(32-7-5-6-17(24(32)34)26(3,4)36)10-20(14)33-15(2)8-21(23(27)25(33)35)37-13-19-18(29)9-16(28)12-30-19/h5-12,36H,13H2,1-4H3. The molecule has 0 bridgehead atoms. The molecule has 0 amide bonds. The summed E-state index contributed by atoms with van der Waals surface area (Å²) in [6.07, 6.45) is 3.89. The highest BCUT2D eigenvalue weighted by atomic mass is 35.5. The van der Waals surface area contributed by atoms with Crippen molar-refractivity contribution in [2.45, 2.75) is 39.9 Å². The lowest BCUT2D eigenvalue weighted by Crippen LogP contribution is -2.31. The van der Waals surface area contributed by atoms with Gasteiger partial charge in [0.25, 0.3) is 11.1 Å². The van der Waals surface area contributed by atoms with Crippen molar-refractivity contribution < 1.29 is 18.6 Å². The summed E-state index contributed by atoms with van der Waals surface area (Å²) in [6, 6.07) is 6.91. The fourth-order valence-corrected chi connectivity index (χ4v) is 3.99. The smallest absolute Gasteiger partial charge is 0.277 e. The van der Waals surface area contributed by atoms with E-state index >= 15 is 0 Å². The second-order valence-electron chi connectivity index (χ2n) is 8.96. The molecule has 37 heavy (non-hydrogen) atoms. The Labute approximate surface area is 215 Å². The molecule has 0 unspecified atom stereocenters. The predicted molar refractivity (Wildman–Crippen MR) is 134 cm³/mol. The van der Waals surface area contributed by atoms with Crippen LogP contribution < -0.4 is 15.9 Å². The van der Waals surface area contributed by atoms with E-state index in [0.29, 0.717) is 23.0 Å². The van der Waals surface area contributed by atoms with E-state index in [1.165, 1.54) is 47.5 Å². The zero-order valence-electron chi connectivity index (χ0n) is 20.4. The minimum atomic E-state index is -1.36. The second-order valence-corrected chi connectivity index (χ2v) is 9.34. The summed E-state index contributed by atoms with van der Waals surface area (Å²) in [5, 5.41) is 10.1. The van der Waals surface area contributed by atoms with Crippen molar-refractivity contribution in [1.82, 2.24) is 19.1 Å². The zero-order chi connectivity index (χ0) is 27.1. The Morgan fingerprint density at radius 3 is 2.49 bits per heavy atom. The molecule has 0 radical (unpaired) electrons. The molecule has 4 rings (SSSR count). The van der Waals surface area contributed by atoms with Gasteiger partial charge in [0.2, 0.25) is 0 Å². The zero-order valence-corrected chi connectivity index (χ0v) is 21.2. The molecule has 0 atom stereocenters. The molecule has 11 heteroatoms. The number of hydrogen-bond donors (Lipinski definition) is 1. The number of aliphatic hydroxyl groups is 1. The Hall–Kier alpha value is -3.89. The summed E-state index contributed by atoms with van der Waals surface area (Å²) in [6.45, 7) is 6.05. The predicted octanol–water partition coefficient (Wildman–Crippen LogP) is 4.13. The third kappa shape index (κ3) is 5.16. The fraction of sp³-hybridized carbons (Fsp3) is 0.231. The van der Waals surface area contributed by atoms with Crippen LogP contribution in [0.5, 0.6) is 5.75 Å². The van der Waals surface area contributed by atoms with E-state index in [4.69, 9.17) is 16.3 Å². The van der Waals surface area contributed by atoms with Crippen LogP contribution in [0.3, 0.4) is 0 Å². The quantitative estimate of drug-likeness (QED) is 0.404. The van der Waals surface area contributed by atoms with Crippen molar-refractivity contribution in [3.63, 3.8) is 0 Å². The molecule has 0 aliphatic rings. The van der Waals surface area contributed by atoms with Gasteiger partial charge >= 0.3 is 0 Å². The normalized spacial score (nSPS) is 11.6. The molecule has 4 heterocycles. The average molecular weight is 529 g/mol. The minimum absolute atomic E-state index is 0.00646. The molecule has 0 aromatic carbocycles. The number of nitrogens with zero attached hydrogens (tertiary/aromatic N) is 4. The van der Waals surface area contributed by atoms with Crippen molar-refractivity contribution >= 4 is 11.6 Å². The van der Waals surface area contributed by atoms with Gasteiger partial charge in [0, 0.05) is 41.9 Å². The topological polar surface area (TPSA) is 99.2 Å². The van der Waals surface area contributed by atoms with E-state index in [1.54, 1.807) is 26.0 Å². The Morgan fingerprint density at radius 1 is 1.08 bits per heavy atom. The maximum atomic E-state index is 13.9. The molecular formula is C26H23ClF2N4O4. The molecule has 8 nitrogen and oxygen atoms in total. The van der Waals surface area contributed by atoms with Crippen LogP contribution in [0.15, 0.2) is 58.5 Å². The molecule has 4 aromatic heterocycles. The van der Waals surface area contributed by atoms with Crippen LogP contribution in [0.2, 0.25) is 5.02 Å². The van der Waals surface area contributed by atoms with Gasteiger partial charge in [-0.15, -0.1) is 0 Å². The lowest BCUT2D eigenvalue weighted by atomic mass is 10.0. The molecule has 0 aliphatic carbocycles. The van der Waals surface area contributed by atoms with Crippen LogP contribution >= 0.6 is 11.6 Å². The molecule has 0 saturated heterocycles. The molecule has 1 N–H and O–H groups in total. The maximum Gasteiger partial charge on any atom is 0.277 e. The van der Waals surface area contributed by atoms with Gasteiger partial charge in [-0.1, -0.05) is 11.6 Å². The summed E-state index contributed by atoms with van der Waals surface area (Å²) in [5.74, 6) is -1.46. The van der Waals surface area contributed by atoms with Crippen LogP contribution in [0, 0.1) is 25.5 Å². The van der Waals surface area contributed by atoms with Crippen molar-refractivity contribution in [1.29, 1.82) is 0 Å². The monoisotopic (exact) mass is 528 g/mol. The first-order chi connectivity index (χ1) is 17.4. The Kier molecular flexibility index (Phi) is 6.98. The lowest BCUT2D eigenvalue weighted by molar-refractivity contribution is 0.0767. The molecule has 192 valence electrons. The molecule has 0 aliphatic heterocycles. The van der Waals surface area contributed by atoms with Crippen LogP contribution in [-0.4, -0.2) is 24.2 Å². The highest BCUT2D eigenvalue weighted by Gasteiger charge is 2.22. The number of aromatic nitrogens is 4. The Morgan fingerprint density at radius 2 is 1.81 bits per heavy atom. The van der Waals surface area contributed by atoms with Gasteiger partial charge < -0.3 is 9.84 Å². The van der Waals surface area contributed by atoms with Crippen molar-refractivity contribution in [2.75, 3.05) is 0 Å². The van der Waals surface area contributed by atoms with Crippen LogP contribution in [0.25, 0.3) is 11.5 Å². The average Bonchev–Trinajstić information content (AvgIpc) is 2.82. The van der Waals surface area contributed by atoms with Crippen molar-refractivity contribution in [3.8, 4) is 17.3 Å². The van der Waals surface area contributed by atoms with E-state index in [1.807, 2.05) is 0 Å². The summed E-state index contributed by atoms with van der Waals surface area (Å²) in [5.41, 5.74) is -0.898. The Balaban J connectivity index is 1.76. The van der Waals surface area contributed by atoms with Crippen molar-refractivity contribution in [3.05, 3.63) is 109 Å². The van der Waals surface area contributed by atoms with E-state index in [2.05, 4.69) is 9.97 Å². The van der Waals surface area contributed by atoms with Gasteiger partial charge in [-0.2, -0.15) is 0 Å². The van der Waals surface area contributed by atoms with Gasteiger partial charge in [0.1, 0.15) is 34.7 Å². The lowest BCUT2D eigenvalue weighted by Gasteiger charge is -2.19. The number of halogens is 3. The SMILES string of the molecule is Cc1cnc(-n2cccc(C(C)(C)O)c2=O)cc1-n1c(C)cc(OCc2ncc(F)cc2F)c(Cl)c1=O. The number of rotatable bonds is 6. The first kappa shape index (κ1) is 26.2. The Bertz CT molecular complexity index is 1630. The minimum Gasteiger partial charge on any atom is -0.485 e. The number of aryl methyl sites for hydroxylation is 2. The third-order valence-electron chi connectivity index (χ3n) is 5.70. The van der Waals surface area contributed by atoms with E-state index < -0.39 is 28.4 Å². The van der Waals surface area contributed by atoms with Gasteiger partial charge in [-0.25, -0.2) is 13.8 Å². The maximum absolute atomic E-state index is 13.9. The number of hydrogen-bond acceptors (Lipinski definition) is 6. The summed E-state index contributed by atoms with van der Waals surface area (Å²) < 4.78 is 35.2. The van der Waals surface area contributed by atoms with Crippen molar-refractivity contribution in [2.24, 2.45) is 0 Å². The highest BCUT2D eigenvalue weighted by Crippen LogP contribution is 2.26. The number of ether oxygens (including phenoxy) is 1. The molecule has 0 saturated carbocycles.